The Morgan fingerprint density at radius 2 is 2.00 bits per heavy atom. The fourth-order valence-electron chi connectivity index (χ4n) is 1.37. The van der Waals surface area contributed by atoms with Crippen LogP contribution < -0.4 is 10.6 Å². The Kier molecular flexibility index (Phi) is 2.35. The van der Waals surface area contributed by atoms with E-state index >= 15 is 0 Å². The van der Waals surface area contributed by atoms with Gasteiger partial charge in [-0.3, -0.25) is 5.32 Å². The summed E-state index contributed by atoms with van der Waals surface area (Å²) in [5.74, 6) is 0. The molecule has 1 rings (SSSR count). The third-order valence-corrected chi connectivity index (χ3v) is 2.12. The molecule has 1 fully saturated rings. The lowest BCUT2D eigenvalue weighted by Crippen LogP contribution is -2.67. The minimum atomic E-state index is -4.19. The molecule has 1 aliphatic rings. The Hall–Kier alpha value is -0.290. The highest BCUT2D eigenvalue weighted by Gasteiger charge is 2.52. The van der Waals surface area contributed by atoms with Gasteiger partial charge in [-0.05, 0) is 13.8 Å². The van der Waals surface area contributed by atoms with Gasteiger partial charge in [0.15, 0.2) is 0 Å². The van der Waals surface area contributed by atoms with Crippen LogP contribution in [-0.2, 0) is 0 Å². The van der Waals surface area contributed by atoms with Crippen molar-refractivity contribution < 1.29 is 13.2 Å². The quantitative estimate of drug-likeness (QED) is 0.581. The maximum absolute atomic E-state index is 12.4. The van der Waals surface area contributed by atoms with Gasteiger partial charge in [0, 0.05) is 19.1 Å². The molecule has 0 spiro atoms. The molecule has 0 amide bonds. The van der Waals surface area contributed by atoms with Crippen molar-refractivity contribution in [1.82, 2.24) is 10.6 Å². The lowest BCUT2D eigenvalue weighted by molar-refractivity contribution is -0.195. The summed E-state index contributed by atoms with van der Waals surface area (Å²) in [6, 6.07) is -0.134. The van der Waals surface area contributed by atoms with Crippen molar-refractivity contribution in [3.05, 3.63) is 0 Å². The monoisotopic (exact) mass is 182 g/mol. The highest BCUT2D eigenvalue weighted by molar-refractivity contribution is 4.98. The van der Waals surface area contributed by atoms with E-state index in [1.807, 2.05) is 0 Å². The average molecular weight is 182 g/mol. The van der Waals surface area contributed by atoms with E-state index < -0.39 is 11.7 Å². The Labute approximate surface area is 69.5 Å². The second-order valence-corrected chi connectivity index (χ2v) is 3.51. The molecule has 2 atom stereocenters. The predicted molar refractivity (Wildman–Crippen MR) is 39.9 cm³/mol. The average Bonchev–Trinajstić information content (AvgIpc) is 1.83. The largest absolute Gasteiger partial charge is 0.407 e. The number of hydrogen-bond donors (Lipinski definition) is 2. The van der Waals surface area contributed by atoms with Gasteiger partial charge < -0.3 is 5.32 Å². The van der Waals surface area contributed by atoms with E-state index in [1.165, 1.54) is 6.92 Å². The highest BCUT2D eigenvalue weighted by Crippen LogP contribution is 2.30. The van der Waals surface area contributed by atoms with Crippen molar-refractivity contribution in [2.75, 3.05) is 13.1 Å². The molecule has 0 bridgehead atoms. The fraction of sp³-hybridized carbons (Fsp3) is 1.00. The number of nitrogens with one attached hydrogen (secondary N) is 2. The number of halogens is 3. The number of alkyl halides is 3. The van der Waals surface area contributed by atoms with E-state index in [4.69, 9.17) is 0 Å². The summed E-state index contributed by atoms with van der Waals surface area (Å²) in [4.78, 5) is 0. The second-order valence-electron chi connectivity index (χ2n) is 3.51. The summed E-state index contributed by atoms with van der Waals surface area (Å²) in [5, 5.41) is 5.29. The van der Waals surface area contributed by atoms with Crippen LogP contribution in [0.2, 0.25) is 0 Å². The van der Waals surface area contributed by atoms with Gasteiger partial charge in [-0.25, -0.2) is 0 Å². The van der Waals surface area contributed by atoms with Crippen LogP contribution >= 0.6 is 0 Å². The SMILES string of the molecule is CC1CNCC(C)(C(F)(F)F)N1. The molecule has 0 aromatic heterocycles. The molecule has 2 nitrogen and oxygen atoms in total. The topological polar surface area (TPSA) is 24.1 Å². The summed E-state index contributed by atoms with van der Waals surface area (Å²) in [6.45, 7) is 3.44. The summed E-state index contributed by atoms with van der Waals surface area (Å²) < 4.78 is 37.2. The van der Waals surface area contributed by atoms with Gasteiger partial charge in [-0.2, -0.15) is 13.2 Å². The van der Waals surface area contributed by atoms with Crippen LogP contribution in [0.4, 0.5) is 13.2 Å². The molecule has 1 saturated heterocycles. The molecule has 1 aliphatic heterocycles. The smallest absolute Gasteiger partial charge is 0.313 e. The van der Waals surface area contributed by atoms with Gasteiger partial charge in [0.1, 0.15) is 5.54 Å². The Morgan fingerprint density at radius 3 is 2.33 bits per heavy atom. The zero-order chi connectivity index (χ0) is 9.41. The molecule has 2 N–H and O–H groups in total. The fourth-order valence-corrected chi connectivity index (χ4v) is 1.37. The molecular weight excluding hydrogens is 169 g/mol. The first-order chi connectivity index (χ1) is 5.35. The second kappa shape index (κ2) is 2.88. The molecule has 5 heteroatoms. The van der Waals surface area contributed by atoms with Crippen LogP contribution in [0, 0.1) is 0 Å². The minimum absolute atomic E-state index is 0.0547. The van der Waals surface area contributed by atoms with Crippen LogP contribution in [0.1, 0.15) is 13.8 Å². The maximum atomic E-state index is 12.4. The minimum Gasteiger partial charge on any atom is -0.313 e. The van der Waals surface area contributed by atoms with Crippen molar-refractivity contribution in [2.45, 2.75) is 31.6 Å². The molecule has 0 aromatic carbocycles. The van der Waals surface area contributed by atoms with Crippen LogP contribution in [0.25, 0.3) is 0 Å². The highest BCUT2D eigenvalue weighted by atomic mass is 19.4. The molecule has 0 aliphatic carbocycles. The lowest BCUT2D eigenvalue weighted by Gasteiger charge is -2.40. The van der Waals surface area contributed by atoms with Crippen LogP contribution in [0.3, 0.4) is 0 Å². The molecule has 1 heterocycles. The van der Waals surface area contributed by atoms with Crippen molar-refractivity contribution >= 4 is 0 Å². The normalized spacial score (nSPS) is 38.2. The van der Waals surface area contributed by atoms with Crippen LogP contribution in [0.15, 0.2) is 0 Å². The number of hydrogen-bond acceptors (Lipinski definition) is 2. The first-order valence-corrected chi connectivity index (χ1v) is 3.90. The number of rotatable bonds is 0. The molecule has 0 radical (unpaired) electrons. The van der Waals surface area contributed by atoms with Gasteiger partial charge in [0.05, 0.1) is 0 Å². The first kappa shape index (κ1) is 9.80. The van der Waals surface area contributed by atoms with Gasteiger partial charge in [-0.15, -0.1) is 0 Å². The molecule has 2 unspecified atom stereocenters. The van der Waals surface area contributed by atoms with Crippen LogP contribution in [0.5, 0.6) is 0 Å². The van der Waals surface area contributed by atoms with E-state index in [1.54, 1.807) is 6.92 Å². The van der Waals surface area contributed by atoms with E-state index in [0.717, 1.165) is 0 Å². The van der Waals surface area contributed by atoms with E-state index in [9.17, 15) is 13.2 Å². The third-order valence-electron chi connectivity index (χ3n) is 2.12. The van der Waals surface area contributed by atoms with Gasteiger partial charge in [0.25, 0.3) is 0 Å². The third kappa shape index (κ3) is 1.72. The Morgan fingerprint density at radius 1 is 1.42 bits per heavy atom. The summed E-state index contributed by atoms with van der Waals surface area (Å²) in [5.41, 5.74) is -1.77. The van der Waals surface area contributed by atoms with Crippen molar-refractivity contribution in [1.29, 1.82) is 0 Å². The standard InChI is InChI=1S/C7H13F3N2/c1-5-3-11-4-6(2,12-5)7(8,9)10/h5,11-12H,3-4H2,1-2H3. The molecule has 0 aromatic rings. The molecule has 72 valence electrons. The molecule has 0 saturated carbocycles. The van der Waals surface area contributed by atoms with Crippen molar-refractivity contribution in [3.8, 4) is 0 Å². The number of piperazine rings is 1. The van der Waals surface area contributed by atoms with Gasteiger partial charge in [-0.1, -0.05) is 0 Å². The zero-order valence-electron chi connectivity index (χ0n) is 7.13. The van der Waals surface area contributed by atoms with Gasteiger partial charge >= 0.3 is 6.18 Å². The molecular formula is C7H13F3N2. The summed E-state index contributed by atoms with van der Waals surface area (Å²) in [7, 11) is 0. The molecule has 12 heavy (non-hydrogen) atoms. The zero-order valence-corrected chi connectivity index (χ0v) is 7.13. The summed E-state index contributed by atoms with van der Waals surface area (Å²) >= 11 is 0. The Balaban J connectivity index is 2.70. The van der Waals surface area contributed by atoms with E-state index in [0.29, 0.717) is 6.54 Å². The maximum Gasteiger partial charge on any atom is 0.407 e. The predicted octanol–water partition coefficient (Wildman–Crippen LogP) is 0.889. The Bertz CT molecular complexity index is 169. The summed E-state index contributed by atoms with van der Waals surface area (Å²) in [6.07, 6.45) is -4.19. The van der Waals surface area contributed by atoms with Crippen LogP contribution in [-0.4, -0.2) is 30.8 Å². The van der Waals surface area contributed by atoms with E-state index in [2.05, 4.69) is 10.6 Å². The van der Waals surface area contributed by atoms with Crippen molar-refractivity contribution in [2.24, 2.45) is 0 Å². The first-order valence-electron chi connectivity index (χ1n) is 3.90. The van der Waals surface area contributed by atoms with E-state index in [-0.39, 0.29) is 12.6 Å². The lowest BCUT2D eigenvalue weighted by atomic mass is 9.97. The van der Waals surface area contributed by atoms with Gasteiger partial charge in [0.2, 0.25) is 0 Å². The van der Waals surface area contributed by atoms with Crippen molar-refractivity contribution in [3.63, 3.8) is 0 Å².